The van der Waals surface area contributed by atoms with E-state index in [1.165, 1.54) is 16.3 Å². The summed E-state index contributed by atoms with van der Waals surface area (Å²) in [4.78, 5) is 8.81. The molecule has 3 rings (SSSR count). The molecule has 0 aliphatic rings. The van der Waals surface area contributed by atoms with Gasteiger partial charge in [-0.1, -0.05) is 31.2 Å². The van der Waals surface area contributed by atoms with E-state index in [-0.39, 0.29) is 6.04 Å². The van der Waals surface area contributed by atoms with Crippen molar-refractivity contribution in [2.75, 3.05) is 6.54 Å². The highest BCUT2D eigenvalue weighted by atomic mass is 32.1. The fourth-order valence-electron chi connectivity index (χ4n) is 2.28. The van der Waals surface area contributed by atoms with Crippen molar-refractivity contribution in [2.24, 2.45) is 0 Å². The summed E-state index contributed by atoms with van der Waals surface area (Å²) >= 11 is 1.67. The summed E-state index contributed by atoms with van der Waals surface area (Å²) < 4.78 is 0. The molecule has 0 saturated heterocycles. The molecule has 0 bridgehead atoms. The Hall–Kier alpha value is -1.78. The average Bonchev–Trinajstić information content (AvgIpc) is 2.98. The third-order valence-electron chi connectivity index (χ3n) is 3.12. The van der Waals surface area contributed by atoms with E-state index in [0.717, 1.165) is 11.6 Å². The molecule has 0 spiro atoms. The molecule has 0 saturated carbocycles. The van der Waals surface area contributed by atoms with Crippen molar-refractivity contribution in [3.8, 4) is 0 Å². The van der Waals surface area contributed by atoms with E-state index >= 15 is 0 Å². The van der Waals surface area contributed by atoms with Gasteiger partial charge in [0.25, 0.3) is 0 Å². The van der Waals surface area contributed by atoms with Crippen LogP contribution in [0.2, 0.25) is 0 Å². The van der Waals surface area contributed by atoms with E-state index in [2.05, 4.69) is 40.4 Å². The number of hydrogen-bond acceptors (Lipinski definition) is 4. The van der Waals surface area contributed by atoms with Crippen LogP contribution in [0.15, 0.2) is 48.2 Å². The van der Waals surface area contributed by atoms with E-state index in [4.69, 9.17) is 0 Å². The van der Waals surface area contributed by atoms with Gasteiger partial charge in [0.1, 0.15) is 5.01 Å². The molecule has 0 aliphatic carbocycles. The predicted octanol–water partition coefficient (Wildman–Crippen LogP) is 3.39. The maximum Gasteiger partial charge on any atom is 0.114 e. The molecule has 1 atom stereocenters. The molecule has 0 amide bonds. The van der Waals surface area contributed by atoms with Gasteiger partial charge in [0.2, 0.25) is 0 Å². The Bertz CT molecular complexity index is 659. The third-order valence-corrected chi connectivity index (χ3v) is 3.96. The molecule has 2 aromatic heterocycles. The van der Waals surface area contributed by atoms with Crippen LogP contribution in [0.3, 0.4) is 0 Å². The normalized spacial score (nSPS) is 12.7. The van der Waals surface area contributed by atoms with Crippen LogP contribution in [-0.2, 0) is 0 Å². The zero-order valence-electron chi connectivity index (χ0n) is 10.7. The lowest BCUT2D eigenvalue weighted by Gasteiger charge is -2.17. The van der Waals surface area contributed by atoms with E-state index in [1.54, 1.807) is 11.3 Å². The minimum atomic E-state index is 0.114. The molecule has 19 heavy (non-hydrogen) atoms. The quantitative estimate of drug-likeness (QED) is 0.789. The lowest BCUT2D eigenvalue weighted by molar-refractivity contribution is 0.629. The Kier molecular flexibility index (Phi) is 3.53. The molecule has 2 heterocycles. The molecule has 0 aliphatic heterocycles. The summed E-state index contributed by atoms with van der Waals surface area (Å²) in [6, 6.07) is 8.46. The number of nitrogens with zero attached hydrogens (tertiary/aromatic N) is 2. The fourth-order valence-corrected chi connectivity index (χ4v) is 3.01. The zero-order valence-corrected chi connectivity index (χ0v) is 11.5. The van der Waals surface area contributed by atoms with Crippen molar-refractivity contribution in [1.29, 1.82) is 0 Å². The van der Waals surface area contributed by atoms with Crippen molar-refractivity contribution >= 4 is 22.1 Å². The van der Waals surface area contributed by atoms with E-state index in [9.17, 15) is 0 Å². The third kappa shape index (κ3) is 2.37. The second-order valence-electron chi connectivity index (χ2n) is 4.31. The number of benzene rings is 1. The summed E-state index contributed by atoms with van der Waals surface area (Å²) in [5.41, 5.74) is 1.19. The Morgan fingerprint density at radius 3 is 2.95 bits per heavy atom. The van der Waals surface area contributed by atoms with Crippen LogP contribution in [0.5, 0.6) is 0 Å². The van der Waals surface area contributed by atoms with Crippen LogP contribution in [-0.4, -0.2) is 16.5 Å². The first-order valence-electron chi connectivity index (χ1n) is 6.35. The van der Waals surface area contributed by atoms with Gasteiger partial charge in [-0.25, -0.2) is 4.98 Å². The first kappa shape index (κ1) is 12.3. The van der Waals surface area contributed by atoms with Gasteiger partial charge in [-0.2, -0.15) is 0 Å². The topological polar surface area (TPSA) is 37.8 Å². The van der Waals surface area contributed by atoms with Crippen LogP contribution < -0.4 is 5.32 Å². The molecule has 1 unspecified atom stereocenters. The molecule has 4 heteroatoms. The van der Waals surface area contributed by atoms with Gasteiger partial charge < -0.3 is 5.32 Å². The van der Waals surface area contributed by atoms with Crippen molar-refractivity contribution < 1.29 is 0 Å². The Labute approximate surface area is 116 Å². The van der Waals surface area contributed by atoms with Crippen LogP contribution >= 0.6 is 11.3 Å². The minimum absolute atomic E-state index is 0.114. The average molecular weight is 269 g/mol. The number of rotatable bonds is 4. The minimum Gasteiger partial charge on any atom is -0.304 e. The molecule has 3 nitrogen and oxygen atoms in total. The number of fused-ring (bicyclic) bond motifs is 1. The van der Waals surface area contributed by atoms with Gasteiger partial charge in [-0.15, -0.1) is 11.3 Å². The molecular weight excluding hydrogens is 254 g/mol. The lowest BCUT2D eigenvalue weighted by atomic mass is 10.0. The molecule has 1 aromatic carbocycles. The van der Waals surface area contributed by atoms with Gasteiger partial charge in [0.05, 0.1) is 6.04 Å². The zero-order chi connectivity index (χ0) is 13.1. The lowest BCUT2D eigenvalue weighted by Crippen LogP contribution is -2.22. The van der Waals surface area contributed by atoms with Gasteiger partial charge >= 0.3 is 0 Å². The first-order chi connectivity index (χ1) is 9.40. The van der Waals surface area contributed by atoms with Gasteiger partial charge in [-0.3, -0.25) is 4.98 Å². The fraction of sp³-hybridized carbons (Fsp3) is 0.200. The molecular formula is C15H15N3S. The van der Waals surface area contributed by atoms with Crippen LogP contribution in [0.25, 0.3) is 10.8 Å². The van der Waals surface area contributed by atoms with Crippen molar-refractivity contribution in [3.63, 3.8) is 0 Å². The van der Waals surface area contributed by atoms with Gasteiger partial charge in [0.15, 0.2) is 0 Å². The maximum absolute atomic E-state index is 4.45. The number of aromatic nitrogens is 2. The summed E-state index contributed by atoms with van der Waals surface area (Å²) in [6.45, 7) is 3.01. The van der Waals surface area contributed by atoms with Crippen LogP contribution in [0.4, 0.5) is 0 Å². The highest BCUT2D eigenvalue weighted by Crippen LogP contribution is 2.29. The Morgan fingerprint density at radius 1 is 1.26 bits per heavy atom. The van der Waals surface area contributed by atoms with Crippen molar-refractivity contribution in [1.82, 2.24) is 15.3 Å². The number of pyridine rings is 1. The van der Waals surface area contributed by atoms with E-state index < -0.39 is 0 Å². The van der Waals surface area contributed by atoms with Gasteiger partial charge in [0, 0.05) is 34.9 Å². The molecule has 0 radical (unpaired) electrons. The number of nitrogens with one attached hydrogen (secondary N) is 1. The molecule has 3 aromatic rings. The van der Waals surface area contributed by atoms with Crippen LogP contribution in [0.1, 0.15) is 23.5 Å². The second-order valence-corrected chi connectivity index (χ2v) is 5.24. The van der Waals surface area contributed by atoms with Crippen molar-refractivity contribution in [2.45, 2.75) is 13.0 Å². The molecule has 1 N–H and O–H groups in total. The smallest absolute Gasteiger partial charge is 0.114 e. The SMILES string of the molecule is CCNC(c1nccs1)c1cncc2ccccc12. The van der Waals surface area contributed by atoms with E-state index in [1.807, 2.05) is 30.0 Å². The monoisotopic (exact) mass is 269 g/mol. The second kappa shape index (κ2) is 5.47. The standard InChI is InChI=1S/C15H15N3S/c1-2-17-14(15-18-7-8-19-15)13-10-16-9-11-5-3-4-6-12(11)13/h3-10,14,17H,2H2,1H3. The number of thiazole rings is 1. The highest BCUT2D eigenvalue weighted by molar-refractivity contribution is 7.09. The summed E-state index contributed by atoms with van der Waals surface area (Å²) in [7, 11) is 0. The number of hydrogen-bond donors (Lipinski definition) is 1. The Balaban J connectivity index is 2.15. The van der Waals surface area contributed by atoms with Crippen molar-refractivity contribution in [3.05, 3.63) is 58.8 Å². The Morgan fingerprint density at radius 2 is 2.16 bits per heavy atom. The maximum atomic E-state index is 4.45. The van der Waals surface area contributed by atoms with E-state index in [0.29, 0.717) is 0 Å². The molecule has 0 fully saturated rings. The highest BCUT2D eigenvalue weighted by Gasteiger charge is 2.18. The first-order valence-corrected chi connectivity index (χ1v) is 7.23. The summed E-state index contributed by atoms with van der Waals surface area (Å²) in [5.74, 6) is 0. The molecule has 96 valence electrons. The summed E-state index contributed by atoms with van der Waals surface area (Å²) in [5, 5.41) is 9.00. The van der Waals surface area contributed by atoms with Gasteiger partial charge in [-0.05, 0) is 11.9 Å². The summed E-state index contributed by atoms with van der Waals surface area (Å²) in [6.07, 6.45) is 5.70. The largest absolute Gasteiger partial charge is 0.304 e. The predicted molar refractivity (Wildman–Crippen MR) is 79.4 cm³/mol. The van der Waals surface area contributed by atoms with Crippen LogP contribution in [0, 0.1) is 0 Å².